The molecule has 0 unspecified atom stereocenters. The van der Waals surface area contributed by atoms with Crippen molar-refractivity contribution >= 4 is 51.2 Å². The predicted molar refractivity (Wildman–Crippen MR) is 123 cm³/mol. The van der Waals surface area contributed by atoms with Crippen LogP contribution in [0.5, 0.6) is 0 Å². The lowest BCUT2D eigenvalue weighted by molar-refractivity contribution is -0.113. The summed E-state index contributed by atoms with van der Waals surface area (Å²) in [6.07, 6.45) is 1.72. The summed E-state index contributed by atoms with van der Waals surface area (Å²) < 4.78 is 3.18. The van der Waals surface area contributed by atoms with Crippen molar-refractivity contribution in [2.24, 2.45) is 0 Å². The fourth-order valence-electron chi connectivity index (χ4n) is 3.64. The first-order valence-electron chi connectivity index (χ1n) is 9.34. The van der Waals surface area contributed by atoms with E-state index < -0.39 is 11.9 Å². The van der Waals surface area contributed by atoms with Crippen molar-refractivity contribution in [3.05, 3.63) is 86.2 Å². The van der Waals surface area contributed by atoms with Gasteiger partial charge < -0.3 is 9.88 Å². The molecule has 1 aromatic heterocycles. The monoisotopic (exact) mass is 483 g/mol. The van der Waals surface area contributed by atoms with Crippen LogP contribution in [0.4, 0.5) is 10.5 Å². The van der Waals surface area contributed by atoms with E-state index in [9.17, 15) is 9.59 Å². The molecule has 7 heteroatoms. The molecule has 5 nitrogen and oxygen atoms in total. The van der Waals surface area contributed by atoms with Crippen LogP contribution < -0.4 is 10.2 Å². The van der Waals surface area contributed by atoms with Gasteiger partial charge >= 0.3 is 6.03 Å². The van der Waals surface area contributed by atoms with Crippen LogP contribution in [0.1, 0.15) is 22.5 Å². The van der Waals surface area contributed by atoms with Gasteiger partial charge in [-0.1, -0.05) is 33.6 Å². The number of carbonyl (C=O) groups is 2. The minimum atomic E-state index is -0.495. The fourth-order valence-corrected chi connectivity index (χ4v) is 4.07. The van der Waals surface area contributed by atoms with E-state index in [1.54, 1.807) is 30.3 Å². The number of amides is 3. The summed E-state index contributed by atoms with van der Waals surface area (Å²) in [4.78, 5) is 26.4. The summed E-state index contributed by atoms with van der Waals surface area (Å²) >= 11 is 9.55. The largest absolute Gasteiger partial charge is 0.333 e. The lowest BCUT2D eigenvalue weighted by atomic mass is 10.2. The van der Waals surface area contributed by atoms with E-state index in [0.29, 0.717) is 10.7 Å². The first kappa shape index (κ1) is 20.4. The number of halogens is 2. The molecule has 1 saturated heterocycles. The first-order valence-corrected chi connectivity index (χ1v) is 10.5. The van der Waals surface area contributed by atoms with Gasteiger partial charge in [0, 0.05) is 26.6 Å². The van der Waals surface area contributed by atoms with Gasteiger partial charge in [0.15, 0.2) is 0 Å². The number of carbonyl (C=O) groups excluding carboxylic acids is 2. The number of nitrogens with zero attached hydrogens (tertiary/aromatic N) is 2. The molecule has 2 heterocycles. The Kier molecular flexibility index (Phi) is 5.30. The van der Waals surface area contributed by atoms with Crippen LogP contribution in [0.2, 0.25) is 5.02 Å². The Morgan fingerprint density at radius 2 is 1.77 bits per heavy atom. The van der Waals surface area contributed by atoms with Gasteiger partial charge in [-0.05, 0) is 80.4 Å². The average Bonchev–Trinajstić information content (AvgIpc) is 3.12. The maximum absolute atomic E-state index is 12.9. The van der Waals surface area contributed by atoms with E-state index in [1.165, 1.54) is 0 Å². The zero-order valence-corrected chi connectivity index (χ0v) is 19.0. The Hall–Kier alpha value is -2.83. The second-order valence-corrected chi connectivity index (χ2v) is 8.49. The second kappa shape index (κ2) is 7.78. The predicted octanol–water partition coefficient (Wildman–Crippen LogP) is 5.92. The van der Waals surface area contributed by atoms with Crippen molar-refractivity contribution in [2.45, 2.75) is 20.8 Å². The number of nitrogens with one attached hydrogen (secondary N) is 1. The Balaban J connectivity index is 1.71. The normalized spacial score (nSPS) is 15.2. The molecular weight excluding hydrogens is 466 g/mol. The zero-order chi connectivity index (χ0) is 21.6. The Morgan fingerprint density at radius 1 is 1.00 bits per heavy atom. The highest BCUT2D eigenvalue weighted by Crippen LogP contribution is 2.28. The van der Waals surface area contributed by atoms with E-state index in [1.807, 2.05) is 39.0 Å². The number of aryl methyl sites for hydroxylation is 2. The molecule has 1 aliphatic rings. The molecule has 0 radical (unpaired) electrons. The second-order valence-electron chi connectivity index (χ2n) is 7.20. The molecule has 1 aliphatic heterocycles. The number of anilines is 1. The molecule has 30 heavy (non-hydrogen) atoms. The van der Waals surface area contributed by atoms with Gasteiger partial charge in [0.2, 0.25) is 0 Å². The van der Waals surface area contributed by atoms with E-state index >= 15 is 0 Å². The molecule has 0 saturated carbocycles. The molecule has 152 valence electrons. The fraction of sp³-hybridized carbons (Fsp3) is 0.130. The summed E-state index contributed by atoms with van der Waals surface area (Å²) in [5.74, 6) is -0.411. The number of benzene rings is 2. The first-order chi connectivity index (χ1) is 14.3. The van der Waals surface area contributed by atoms with Crippen LogP contribution in [0, 0.1) is 20.8 Å². The molecule has 2 aromatic carbocycles. The highest BCUT2D eigenvalue weighted by atomic mass is 79.9. The number of aromatic nitrogens is 1. The van der Waals surface area contributed by atoms with Crippen LogP contribution in [-0.2, 0) is 4.79 Å². The lowest BCUT2D eigenvalue weighted by Crippen LogP contribution is -2.30. The maximum Gasteiger partial charge on any atom is 0.333 e. The van der Waals surface area contributed by atoms with E-state index in [0.717, 1.165) is 37.6 Å². The van der Waals surface area contributed by atoms with Gasteiger partial charge in [-0.2, -0.15) is 0 Å². The minimum Gasteiger partial charge on any atom is -0.318 e. The molecule has 0 bridgehead atoms. The van der Waals surface area contributed by atoms with Crippen molar-refractivity contribution in [3.63, 3.8) is 0 Å². The lowest BCUT2D eigenvalue weighted by Gasteiger charge is -2.12. The van der Waals surface area contributed by atoms with Crippen molar-refractivity contribution in [1.82, 2.24) is 9.88 Å². The van der Waals surface area contributed by atoms with Gasteiger partial charge in [-0.25, -0.2) is 9.69 Å². The van der Waals surface area contributed by atoms with Crippen LogP contribution in [0.3, 0.4) is 0 Å². The zero-order valence-electron chi connectivity index (χ0n) is 16.7. The molecule has 1 N–H and O–H groups in total. The van der Waals surface area contributed by atoms with E-state index in [-0.39, 0.29) is 5.70 Å². The molecule has 0 aliphatic carbocycles. The molecule has 0 atom stereocenters. The Morgan fingerprint density at radius 3 is 2.47 bits per heavy atom. The SMILES string of the molecule is Cc1cc(-n2c(C)cc(/C=C3/NC(=O)N(c4cccc(Cl)c4)C3=O)c2C)ccc1Br. The summed E-state index contributed by atoms with van der Waals surface area (Å²) in [5, 5.41) is 3.13. The summed E-state index contributed by atoms with van der Waals surface area (Å²) in [5.41, 5.74) is 5.71. The standard InChI is InChI=1S/C23H19BrClN3O2/c1-13-9-19(7-8-20(13)24)27-14(2)10-16(15(27)3)11-21-22(29)28(23(30)26-21)18-6-4-5-17(25)12-18/h4-12H,1-3H3,(H,26,30)/b21-11+. The average molecular weight is 485 g/mol. The quantitative estimate of drug-likeness (QED) is 0.371. The number of hydrogen-bond acceptors (Lipinski definition) is 2. The smallest absolute Gasteiger partial charge is 0.318 e. The Labute approximate surface area is 188 Å². The Bertz CT molecular complexity index is 1230. The van der Waals surface area contributed by atoms with Crippen LogP contribution in [0.15, 0.2) is 58.7 Å². The van der Waals surface area contributed by atoms with Crippen LogP contribution in [0.25, 0.3) is 11.8 Å². The third kappa shape index (κ3) is 3.57. The van der Waals surface area contributed by atoms with Crippen molar-refractivity contribution in [2.75, 3.05) is 4.90 Å². The number of urea groups is 1. The number of hydrogen-bond donors (Lipinski definition) is 1. The highest BCUT2D eigenvalue weighted by Gasteiger charge is 2.35. The van der Waals surface area contributed by atoms with Crippen LogP contribution in [-0.4, -0.2) is 16.5 Å². The van der Waals surface area contributed by atoms with Gasteiger partial charge in [-0.3, -0.25) is 4.79 Å². The minimum absolute atomic E-state index is 0.229. The third-order valence-corrected chi connectivity index (χ3v) is 6.24. The van der Waals surface area contributed by atoms with E-state index in [4.69, 9.17) is 11.6 Å². The third-order valence-electron chi connectivity index (χ3n) is 5.11. The topological polar surface area (TPSA) is 54.3 Å². The molecule has 1 fully saturated rings. The van der Waals surface area contributed by atoms with Crippen molar-refractivity contribution in [3.8, 4) is 5.69 Å². The molecule has 3 aromatic rings. The van der Waals surface area contributed by atoms with Crippen molar-refractivity contribution in [1.29, 1.82) is 0 Å². The summed E-state index contributed by atoms with van der Waals surface area (Å²) in [7, 11) is 0. The molecule has 0 spiro atoms. The molecule has 3 amide bonds. The van der Waals surface area contributed by atoms with Gasteiger partial charge in [0.1, 0.15) is 5.70 Å². The van der Waals surface area contributed by atoms with Crippen LogP contribution >= 0.6 is 27.5 Å². The number of imide groups is 1. The molecule has 4 rings (SSSR count). The summed E-state index contributed by atoms with van der Waals surface area (Å²) in [6, 6.07) is 14.3. The highest BCUT2D eigenvalue weighted by molar-refractivity contribution is 9.10. The maximum atomic E-state index is 12.9. The van der Waals surface area contributed by atoms with Gasteiger partial charge in [0.05, 0.1) is 5.69 Å². The van der Waals surface area contributed by atoms with Crippen molar-refractivity contribution < 1.29 is 9.59 Å². The van der Waals surface area contributed by atoms with E-state index in [2.05, 4.69) is 31.9 Å². The van der Waals surface area contributed by atoms with Gasteiger partial charge in [0.25, 0.3) is 5.91 Å². The summed E-state index contributed by atoms with van der Waals surface area (Å²) in [6.45, 7) is 6.05. The van der Waals surface area contributed by atoms with Gasteiger partial charge in [-0.15, -0.1) is 0 Å². The molecular formula is C23H19BrClN3O2. The number of rotatable bonds is 3.